The summed E-state index contributed by atoms with van der Waals surface area (Å²) in [5, 5.41) is 6.27. The number of nitrogens with one attached hydrogen (secondary N) is 1. The minimum Gasteiger partial charge on any atom is -0.357 e. The number of carbonyl (C=O) groups excluding carboxylic acids is 1. The molecule has 0 aromatic carbocycles. The van der Waals surface area contributed by atoms with Gasteiger partial charge in [-0.25, -0.2) is 4.98 Å². The predicted molar refractivity (Wildman–Crippen MR) is 99.1 cm³/mol. The number of nitrogens with zero attached hydrogens (tertiary/aromatic N) is 4. The molecule has 0 atom stereocenters. The lowest BCUT2D eigenvalue weighted by molar-refractivity contribution is -0.145. The van der Waals surface area contributed by atoms with Gasteiger partial charge in [-0.2, -0.15) is 18.3 Å². The Bertz CT molecular complexity index is 808. The van der Waals surface area contributed by atoms with Crippen molar-refractivity contribution in [2.24, 2.45) is 0 Å². The lowest BCUT2D eigenvalue weighted by Gasteiger charge is -2.27. The van der Waals surface area contributed by atoms with Gasteiger partial charge in [-0.1, -0.05) is 6.07 Å². The van der Waals surface area contributed by atoms with Crippen LogP contribution in [0.15, 0.2) is 24.5 Å². The van der Waals surface area contributed by atoms with Gasteiger partial charge in [0.2, 0.25) is 0 Å². The first-order valence-corrected chi connectivity index (χ1v) is 9.40. The minimum absolute atomic E-state index is 0.0935. The molecule has 0 unspecified atom stereocenters. The van der Waals surface area contributed by atoms with Gasteiger partial charge in [0.05, 0.1) is 11.8 Å². The molecule has 1 fully saturated rings. The zero-order chi connectivity index (χ0) is 20.3. The summed E-state index contributed by atoms with van der Waals surface area (Å²) in [6.07, 6.45) is 1.47. The summed E-state index contributed by atoms with van der Waals surface area (Å²) in [4.78, 5) is 19.0. The number of rotatable bonds is 5. The predicted octanol–water partition coefficient (Wildman–Crippen LogP) is 3.80. The van der Waals surface area contributed by atoms with E-state index in [4.69, 9.17) is 0 Å². The van der Waals surface area contributed by atoms with Gasteiger partial charge in [-0.15, -0.1) is 0 Å². The van der Waals surface area contributed by atoms with Crippen LogP contribution in [0.25, 0.3) is 0 Å². The highest BCUT2D eigenvalue weighted by molar-refractivity contribution is 5.95. The van der Waals surface area contributed by atoms with E-state index in [1.165, 1.54) is 6.42 Å². The lowest BCUT2D eigenvalue weighted by Crippen LogP contribution is -2.30. The zero-order valence-corrected chi connectivity index (χ0v) is 16.0. The van der Waals surface area contributed by atoms with E-state index in [9.17, 15) is 18.0 Å². The molecule has 6 nitrogen and oxygen atoms in total. The molecular weight excluding hydrogens is 371 g/mol. The van der Waals surface area contributed by atoms with Crippen LogP contribution in [0.5, 0.6) is 0 Å². The molecule has 0 bridgehead atoms. The van der Waals surface area contributed by atoms with Crippen molar-refractivity contribution in [3.05, 3.63) is 41.3 Å². The number of hydrogen-bond donors (Lipinski definition) is 1. The van der Waals surface area contributed by atoms with Gasteiger partial charge in [-0.05, 0) is 44.7 Å². The molecular formula is C19H24F3N5O. The van der Waals surface area contributed by atoms with E-state index in [-0.39, 0.29) is 6.54 Å². The number of aromatic nitrogens is 3. The Kier molecular flexibility index (Phi) is 5.90. The SMILES string of the molecule is CC(C)n1ncc(C(=O)NCc2ccc(N3CCCCC3)nc2)c1C(F)(F)F. The van der Waals surface area contributed by atoms with Gasteiger partial charge < -0.3 is 10.2 Å². The van der Waals surface area contributed by atoms with Crippen molar-refractivity contribution in [1.29, 1.82) is 0 Å². The largest absolute Gasteiger partial charge is 0.433 e. The number of anilines is 1. The molecule has 1 N–H and O–H groups in total. The molecule has 28 heavy (non-hydrogen) atoms. The van der Waals surface area contributed by atoms with Crippen molar-refractivity contribution in [3.63, 3.8) is 0 Å². The van der Waals surface area contributed by atoms with Gasteiger partial charge in [0, 0.05) is 31.9 Å². The Morgan fingerprint density at radius 1 is 1.18 bits per heavy atom. The van der Waals surface area contributed by atoms with Crippen LogP contribution in [0.3, 0.4) is 0 Å². The molecule has 152 valence electrons. The van der Waals surface area contributed by atoms with Crippen LogP contribution in [0.1, 0.15) is 60.8 Å². The molecule has 1 amide bonds. The Morgan fingerprint density at radius 3 is 2.46 bits per heavy atom. The fourth-order valence-corrected chi connectivity index (χ4v) is 3.31. The smallest absolute Gasteiger partial charge is 0.357 e. The first-order chi connectivity index (χ1) is 13.3. The Labute approximate surface area is 161 Å². The maximum absolute atomic E-state index is 13.4. The summed E-state index contributed by atoms with van der Waals surface area (Å²) in [5.74, 6) is 0.0756. The quantitative estimate of drug-likeness (QED) is 0.837. The van der Waals surface area contributed by atoms with E-state index >= 15 is 0 Å². The van der Waals surface area contributed by atoms with Crippen molar-refractivity contribution in [1.82, 2.24) is 20.1 Å². The van der Waals surface area contributed by atoms with Crippen LogP contribution in [0.4, 0.5) is 19.0 Å². The minimum atomic E-state index is -4.66. The third-order valence-electron chi connectivity index (χ3n) is 4.74. The maximum atomic E-state index is 13.4. The van der Waals surface area contributed by atoms with Crippen LogP contribution >= 0.6 is 0 Å². The van der Waals surface area contributed by atoms with Gasteiger partial charge in [0.1, 0.15) is 5.82 Å². The number of halogens is 3. The van der Waals surface area contributed by atoms with E-state index in [0.29, 0.717) is 0 Å². The molecule has 0 spiro atoms. The average molecular weight is 395 g/mol. The second kappa shape index (κ2) is 8.20. The molecule has 2 aromatic heterocycles. The number of alkyl halides is 3. The molecule has 1 saturated heterocycles. The van der Waals surface area contributed by atoms with Crippen LogP contribution in [0, 0.1) is 0 Å². The molecule has 3 heterocycles. The monoisotopic (exact) mass is 395 g/mol. The average Bonchev–Trinajstić information content (AvgIpc) is 3.13. The highest BCUT2D eigenvalue weighted by Gasteiger charge is 2.40. The molecule has 3 rings (SSSR count). The first kappa shape index (κ1) is 20.2. The summed E-state index contributed by atoms with van der Waals surface area (Å²) in [6.45, 7) is 5.21. The topological polar surface area (TPSA) is 63.1 Å². The lowest BCUT2D eigenvalue weighted by atomic mass is 10.1. The third-order valence-corrected chi connectivity index (χ3v) is 4.74. The van der Waals surface area contributed by atoms with E-state index < -0.39 is 29.4 Å². The summed E-state index contributed by atoms with van der Waals surface area (Å²) in [6, 6.07) is 3.20. The number of piperidine rings is 1. The third kappa shape index (κ3) is 4.45. The summed E-state index contributed by atoms with van der Waals surface area (Å²) in [7, 11) is 0. The molecule has 9 heteroatoms. The summed E-state index contributed by atoms with van der Waals surface area (Å²) in [5.41, 5.74) is -0.781. The van der Waals surface area contributed by atoms with E-state index in [1.807, 2.05) is 12.1 Å². The van der Waals surface area contributed by atoms with Crippen LogP contribution < -0.4 is 10.2 Å². The second-order valence-electron chi connectivity index (χ2n) is 7.20. The summed E-state index contributed by atoms with van der Waals surface area (Å²) < 4.78 is 41.0. The number of carbonyl (C=O) groups is 1. The molecule has 2 aromatic rings. The summed E-state index contributed by atoms with van der Waals surface area (Å²) >= 11 is 0. The first-order valence-electron chi connectivity index (χ1n) is 9.40. The maximum Gasteiger partial charge on any atom is 0.433 e. The number of pyridine rings is 1. The molecule has 1 aliphatic rings. The van der Waals surface area contributed by atoms with E-state index in [0.717, 1.165) is 48.2 Å². The zero-order valence-electron chi connectivity index (χ0n) is 16.0. The van der Waals surface area contributed by atoms with Gasteiger partial charge in [-0.3, -0.25) is 9.48 Å². The van der Waals surface area contributed by atoms with Crippen molar-refractivity contribution in [3.8, 4) is 0 Å². The second-order valence-corrected chi connectivity index (χ2v) is 7.20. The molecule has 0 saturated carbocycles. The standard InChI is InChI=1S/C19H24F3N5O/c1-13(2)27-17(19(20,21)22)15(12-25-27)18(28)24-11-14-6-7-16(23-10-14)26-8-4-3-5-9-26/h6-7,10,12-13H,3-5,8-9,11H2,1-2H3,(H,24,28). The number of hydrogen-bond acceptors (Lipinski definition) is 4. The Hall–Kier alpha value is -2.58. The Morgan fingerprint density at radius 2 is 1.89 bits per heavy atom. The molecule has 1 aliphatic heterocycles. The van der Waals surface area contributed by atoms with E-state index in [2.05, 4.69) is 20.3 Å². The van der Waals surface area contributed by atoms with Gasteiger partial charge >= 0.3 is 6.18 Å². The number of amides is 1. The van der Waals surface area contributed by atoms with E-state index in [1.54, 1.807) is 20.0 Å². The fraction of sp³-hybridized carbons (Fsp3) is 0.526. The molecule has 0 radical (unpaired) electrons. The normalized spacial score (nSPS) is 15.1. The van der Waals surface area contributed by atoms with Crippen molar-refractivity contribution in [2.45, 2.75) is 51.9 Å². The van der Waals surface area contributed by atoms with Crippen LogP contribution in [-0.4, -0.2) is 33.8 Å². The van der Waals surface area contributed by atoms with Gasteiger partial charge in [0.25, 0.3) is 5.91 Å². The highest BCUT2D eigenvalue weighted by Crippen LogP contribution is 2.33. The van der Waals surface area contributed by atoms with Crippen molar-refractivity contribution < 1.29 is 18.0 Å². The van der Waals surface area contributed by atoms with Crippen LogP contribution in [-0.2, 0) is 12.7 Å². The molecule has 0 aliphatic carbocycles. The van der Waals surface area contributed by atoms with Gasteiger partial charge in [0.15, 0.2) is 5.69 Å². The fourth-order valence-electron chi connectivity index (χ4n) is 3.31. The van der Waals surface area contributed by atoms with Crippen LogP contribution in [0.2, 0.25) is 0 Å². The van der Waals surface area contributed by atoms with Crippen molar-refractivity contribution >= 4 is 11.7 Å². The highest BCUT2D eigenvalue weighted by atomic mass is 19.4. The van der Waals surface area contributed by atoms with Crippen molar-refractivity contribution in [2.75, 3.05) is 18.0 Å². The Balaban J connectivity index is 1.67.